The van der Waals surface area contributed by atoms with Crippen LogP contribution in [-0.2, 0) is 4.79 Å². The Morgan fingerprint density at radius 2 is 2.18 bits per heavy atom. The SMILES string of the molecule is O=C(Nc1ccccc1C1=NCCN1)C1CC1. The number of nitrogens with one attached hydrogen (secondary N) is 2. The summed E-state index contributed by atoms with van der Waals surface area (Å²) in [6, 6.07) is 7.81. The van der Waals surface area contributed by atoms with E-state index in [0.717, 1.165) is 43.0 Å². The van der Waals surface area contributed by atoms with Crippen LogP contribution >= 0.6 is 0 Å². The molecule has 1 amide bonds. The molecule has 1 aliphatic carbocycles. The first-order chi connectivity index (χ1) is 8.34. The van der Waals surface area contributed by atoms with Crippen molar-refractivity contribution in [1.82, 2.24) is 5.32 Å². The van der Waals surface area contributed by atoms with Crippen molar-refractivity contribution in [2.24, 2.45) is 10.9 Å². The van der Waals surface area contributed by atoms with Gasteiger partial charge < -0.3 is 10.6 Å². The predicted octanol–water partition coefficient (Wildman–Crippen LogP) is 1.38. The maximum Gasteiger partial charge on any atom is 0.227 e. The van der Waals surface area contributed by atoms with Crippen LogP contribution in [0.1, 0.15) is 18.4 Å². The van der Waals surface area contributed by atoms with Gasteiger partial charge in [0, 0.05) is 18.0 Å². The molecule has 0 atom stereocenters. The molecule has 1 saturated carbocycles. The number of nitrogens with zero attached hydrogens (tertiary/aromatic N) is 1. The molecule has 1 aliphatic heterocycles. The minimum Gasteiger partial charge on any atom is -0.368 e. The Balaban J connectivity index is 1.84. The molecule has 1 aromatic rings. The molecule has 2 N–H and O–H groups in total. The van der Waals surface area contributed by atoms with E-state index in [-0.39, 0.29) is 11.8 Å². The van der Waals surface area contributed by atoms with Gasteiger partial charge in [-0.15, -0.1) is 0 Å². The number of amidine groups is 1. The van der Waals surface area contributed by atoms with Crippen LogP contribution in [0, 0.1) is 5.92 Å². The minimum absolute atomic E-state index is 0.135. The average molecular weight is 229 g/mol. The summed E-state index contributed by atoms with van der Waals surface area (Å²) in [6.45, 7) is 1.68. The molecule has 4 heteroatoms. The fourth-order valence-electron chi connectivity index (χ4n) is 1.96. The van der Waals surface area contributed by atoms with Gasteiger partial charge in [-0.2, -0.15) is 0 Å². The summed E-state index contributed by atoms with van der Waals surface area (Å²) < 4.78 is 0. The maximum atomic E-state index is 11.8. The number of hydrogen-bond donors (Lipinski definition) is 2. The van der Waals surface area contributed by atoms with Gasteiger partial charge in [-0.25, -0.2) is 0 Å². The second kappa shape index (κ2) is 4.20. The highest BCUT2D eigenvalue weighted by atomic mass is 16.2. The zero-order valence-electron chi connectivity index (χ0n) is 9.57. The molecule has 4 nitrogen and oxygen atoms in total. The van der Waals surface area contributed by atoms with Crippen LogP contribution in [-0.4, -0.2) is 24.8 Å². The molecule has 3 rings (SSSR count). The summed E-state index contributed by atoms with van der Waals surface area (Å²) in [5, 5.41) is 6.22. The van der Waals surface area contributed by atoms with Gasteiger partial charge in [-0.1, -0.05) is 12.1 Å². The summed E-state index contributed by atoms with van der Waals surface area (Å²) in [5.74, 6) is 1.24. The highest BCUT2D eigenvalue weighted by Gasteiger charge is 2.30. The standard InChI is InChI=1S/C13H15N3O/c17-13(9-5-6-9)16-11-4-2-1-3-10(11)12-14-7-8-15-12/h1-4,9H,5-8H2,(H,14,15)(H,16,17). The number of rotatable bonds is 3. The Kier molecular flexibility index (Phi) is 2.55. The van der Waals surface area contributed by atoms with Gasteiger partial charge in [0.25, 0.3) is 0 Å². The lowest BCUT2D eigenvalue weighted by Gasteiger charge is -2.10. The Hall–Kier alpha value is -1.84. The van der Waals surface area contributed by atoms with Crippen LogP contribution in [0.15, 0.2) is 29.3 Å². The highest BCUT2D eigenvalue weighted by molar-refractivity contribution is 6.07. The Morgan fingerprint density at radius 1 is 1.35 bits per heavy atom. The average Bonchev–Trinajstić information content (AvgIpc) is 3.06. The van der Waals surface area contributed by atoms with Crippen molar-refractivity contribution in [1.29, 1.82) is 0 Å². The minimum atomic E-state index is 0.135. The van der Waals surface area contributed by atoms with E-state index >= 15 is 0 Å². The number of carbonyl (C=O) groups excluding carboxylic acids is 1. The second-order valence-corrected chi connectivity index (χ2v) is 4.47. The van der Waals surface area contributed by atoms with Gasteiger partial charge in [-0.3, -0.25) is 9.79 Å². The molecule has 0 aromatic heterocycles. The fourth-order valence-corrected chi connectivity index (χ4v) is 1.96. The van der Waals surface area contributed by atoms with Crippen molar-refractivity contribution in [3.63, 3.8) is 0 Å². The molecule has 1 fully saturated rings. The molecule has 0 unspecified atom stereocenters. The van der Waals surface area contributed by atoms with Gasteiger partial charge in [0.05, 0.1) is 12.2 Å². The zero-order valence-corrected chi connectivity index (χ0v) is 9.57. The van der Waals surface area contributed by atoms with Crippen LogP contribution in [0.3, 0.4) is 0 Å². The lowest BCUT2D eigenvalue weighted by Crippen LogP contribution is -2.22. The number of aliphatic imine (C=N–C) groups is 1. The van der Waals surface area contributed by atoms with Crippen LogP contribution in [0.2, 0.25) is 0 Å². The number of carbonyl (C=O) groups is 1. The first kappa shape index (κ1) is 10.3. The van der Waals surface area contributed by atoms with E-state index < -0.39 is 0 Å². The number of para-hydroxylation sites is 1. The Labute approximate surface area is 100 Å². The molecule has 0 saturated heterocycles. The molecule has 2 aliphatic rings. The van der Waals surface area contributed by atoms with Crippen LogP contribution < -0.4 is 10.6 Å². The summed E-state index contributed by atoms with van der Waals surface area (Å²) in [5.41, 5.74) is 1.84. The lowest BCUT2D eigenvalue weighted by molar-refractivity contribution is -0.117. The van der Waals surface area contributed by atoms with Crippen molar-refractivity contribution in [3.8, 4) is 0 Å². The third-order valence-electron chi connectivity index (χ3n) is 3.06. The van der Waals surface area contributed by atoms with Gasteiger partial charge >= 0.3 is 0 Å². The van der Waals surface area contributed by atoms with Crippen molar-refractivity contribution < 1.29 is 4.79 Å². The summed E-state index contributed by atoms with van der Waals surface area (Å²) in [6.07, 6.45) is 2.04. The number of amides is 1. The van der Waals surface area contributed by atoms with Crippen molar-refractivity contribution in [2.75, 3.05) is 18.4 Å². The van der Waals surface area contributed by atoms with E-state index in [4.69, 9.17) is 0 Å². The molecular weight excluding hydrogens is 214 g/mol. The second-order valence-electron chi connectivity index (χ2n) is 4.47. The fraction of sp³-hybridized carbons (Fsp3) is 0.385. The van der Waals surface area contributed by atoms with Gasteiger partial charge in [0.2, 0.25) is 5.91 Å². The third kappa shape index (κ3) is 2.16. The summed E-state index contributed by atoms with van der Waals surface area (Å²) in [4.78, 5) is 16.2. The summed E-state index contributed by atoms with van der Waals surface area (Å²) in [7, 11) is 0. The normalized spacial score (nSPS) is 18.5. The first-order valence-electron chi connectivity index (χ1n) is 6.03. The lowest BCUT2D eigenvalue weighted by atomic mass is 10.1. The number of hydrogen-bond acceptors (Lipinski definition) is 3. The van der Waals surface area contributed by atoms with E-state index in [1.54, 1.807) is 0 Å². The number of anilines is 1. The maximum absolute atomic E-state index is 11.8. The van der Waals surface area contributed by atoms with E-state index in [1.807, 2.05) is 24.3 Å². The molecule has 17 heavy (non-hydrogen) atoms. The van der Waals surface area contributed by atoms with E-state index in [2.05, 4.69) is 15.6 Å². The molecule has 1 aromatic carbocycles. The van der Waals surface area contributed by atoms with Crippen LogP contribution in [0.5, 0.6) is 0 Å². The van der Waals surface area contributed by atoms with Gasteiger partial charge in [-0.05, 0) is 25.0 Å². The quantitative estimate of drug-likeness (QED) is 0.822. The third-order valence-corrected chi connectivity index (χ3v) is 3.06. The van der Waals surface area contributed by atoms with Crippen molar-refractivity contribution in [3.05, 3.63) is 29.8 Å². The van der Waals surface area contributed by atoms with E-state index in [0.29, 0.717) is 0 Å². The van der Waals surface area contributed by atoms with Gasteiger partial charge in [0.15, 0.2) is 0 Å². The summed E-state index contributed by atoms with van der Waals surface area (Å²) >= 11 is 0. The largest absolute Gasteiger partial charge is 0.368 e. The Morgan fingerprint density at radius 3 is 2.88 bits per heavy atom. The molecule has 0 bridgehead atoms. The molecule has 88 valence electrons. The van der Waals surface area contributed by atoms with Gasteiger partial charge in [0.1, 0.15) is 5.84 Å². The molecule has 1 heterocycles. The number of benzene rings is 1. The molecule has 0 spiro atoms. The Bertz CT molecular complexity index is 477. The van der Waals surface area contributed by atoms with E-state index in [1.165, 1.54) is 0 Å². The smallest absolute Gasteiger partial charge is 0.227 e. The van der Waals surface area contributed by atoms with E-state index in [9.17, 15) is 4.79 Å². The zero-order chi connectivity index (χ0) is 11.7. The predicted molar refractivity (Wildman–Crippen MR) is 67.2 cm³/mol. The van der Waals surface area contributed by atoms with Crippen molar-refractivity contribution >= 4 is 17.4 Å². The monoisotopic (exact) mass is 229 g/mol. The highest BCUT2D eigenvalue weighted by Crippen LogP contribution is 2.30. The van der Waals surface area contributed by atoms with Crippen LogP contribution in [0.25, 0.3) is 0 Å². The molecular formula is C13H15N3O. The topological polar surface area (TPSA) is 53.5 Å². The van der Waals surface area contributed by atoms with Crippen molar-refractivity contribution in [2.45, 2.75) is 12.8 Å². The van der Waals surface area contributed by atoms with Crippen LogP contribution in [0.4, 0.5) is 5.69 Å². The molecule has 0 radical (unpaired) electrons. The first-order valence-corrected chi connectivity index (χ1v) is 6.03.